The highest BCUT2D eigenvalue weighted by molar-refractivity contribution is 7.08. The van der Waals surface area contributed by atoms with Gasteiger partial charge in [-0.2, -0.15) is 11.3 Å². The summed E-state index contributed by atoms with van der Waals surface area (Å²) in [4.78, 5) is 11.9. The molecular weight excluding hydrogens is 258 g/mol. The fraction of sp³-hybridized carbons (Fsp3) is 0.533. The van der Waals surface area contributed by atoms with Crippen LogP contribution in [0.25, 0.3) is 0 Å². The first-order valence-electron chi connectivity index (χ1n) is 6.77. The van der Waals surface area contributed by atoms with E-state index in [1.54, 1.807) is 18.3 Å². The average molecular weight is 279 g/mol. The normalized spacial score (nSPS) is 18.5. The topological polar surface area (TPSA) is 49.3 Å². The van der Waals surface area contributed by atoms with Gasteiger partial charge < -0.3 is 10.4 Å². The van der Waals surface area contributed by atoms with E-state index >= 15 is 0 Å². The van der Waals surface area contributed by atoms with Crippen LogP contribution in [0.1, 0.15) is 44.6 Å². The van der Waals surface area contributed by atoms with Crippen LogP contribution in [0.2, 0.25) is 0 Å². The van der Waals surface area contributed by atoms with E-state index in [1.165, 1.54) is 18.4 Å². The maximum absolute atomic E-state index is 11.9. The van der Waals surface area contributed by atoms with Crippen LogP contribution in [0.4, 0.5) is 0 Å². The van der Waals surface area contributed by atoms with Gasteiger partial charge in [0.25, 0.3) is 0 Å². The Balaban J connectivity index is 1.81. The highest BCUT2D eigenvalue weighted by Crippen LogP contribution is 2.23. The number of amides is 1. The van der Waals surface area contributed by atoms with Crippen molar-refractivity contribution < 1.29 is 9.90 Å². The average Bonchev–Trinajstić information content (AvgIpc) is 2.92. The first kappa shape index (κ1) is 14.3. The molecule has 104 valence electrons. The van der Waals surface area contributed by atoms with Gasteiger partial charge >= 0.3 is 0 Å². The van der Waals surface area contributed by atoms with E-state index in [2.05, 4.69) is 11.4 Å². The summed E-state index contributed by atoms with van der Waals surface area (Å²) in [7, 11) is 0. The van der Waals surface area contributed by atoms with Gasteiger partial charge in [0.05, 0.1) is 6.54 Å². The Morgan fingerprint density at radius 2 is 2.37 bits per heavy atom. The van der Waals surface area contributed by atoms with Crippen molar-refractivity contribution in [1.29, 1.82) is 0 Å². The van der Waals surface area contributed by atoms with Crippen molar-refractivity contribution in [2.75, 3.05) is 6.54 Å². The van der Waals surface area contributed by atoms with E-state index < -0.39 is 5.60 Å². The van der Waals surface area contributed by atoms with Crippen LogP contribution >= 0.6 is 11.3 Å². The standard InChI is InChI=1S/C15H21NO2S/c1-15(18,13-7-8-19-10-13)11-16-14(17)9-12-5-3-2-4-6-12/h5,7-8,10,18H,2-4,6,9,11H2,1H3,(H,16,17). The smallest absolute Gasteiger partial charge is 0.224 e. The van der Waals surface area contributed by atoms with Crippen LogP contribution < -0.4 is 5.32 Å². The van der Waals surface area contributed by atoms with Gasteiger partial charge in [-0.3, -0.25) is 4.79 Å². The minimum atomic E-state index is -0.989. The molecule has 1 aliphatic rings. The number of carbonyl (C=O) groups is 1. The van der Waals surface area contributed by atoms with E-state index in [-0.39, 0.29) is 12.5 Å². The van der Waals surface area contributed by atoms with Gasteiger partial charge in [0.2, 0.25) is 5.91 Å². The minimum absolute atomic E-state index is 0.00338. The van der Waals surface area contributed by atoms with E-state index in [0.717, 1.165) is 18.4 Å². The molecule has 1 aromatic rings. The van der Waals surface area contributed by atoms with Crippen molar-refractivity contribution in [3.63, 3.8) is 0 Å². The number of thiophene rings is 1. The molecule has 0 saturated carbocycles. The van der Waals surface area contributed by atoms with Crippen molar-refractivity contribution >= 4 is 17.2 Å². The third kappa shape index (κ3) is 4.18. The summed E-state index contributed by atoms with van der Waals surface area (Å²) < 4.78 is 0. The molecule has 2 N–H and O–H groups in total. The van der Waals surface area contributed by atoms with Crippen molar-refractivity contribution in [3.8, 4) is 0 Å². The second kappa shape index (κ2) is 6.35. The fourth-order valence-electron chi connectivity index (χ4n) is 2.28. The summed E-state index contributed by atoms with van der Waals surface area (Å²) in [6.45, 7) is 1.99. The van der Waals surface area contributed by atoms with Crippen molar-refractivity contribution in [3.05, 3.63) is 34.0 Å². The molecular formula is C15H21NO2S. The zero-order chi connectivity index (χ0) is 13.7. The van der Waals surface area contributed by atoms with Crippen LogP contribution in [0.3, 0.4) is 0 Å². The molecule has 0 aromatic carbocycles. The van der Waals surface area contributed by atoms with Crippen molar-refractivity contribution in [2.24, 2.45) is 0 Å². The molecule has 1 aliphatic carbocycles. The van der Waals surface area contributed by atoms with E-state index in [4.69, 9.17) is 0 Å². The summed E-state index contributed by atoms with van der Waals surface area (Å²) in [6.07, 6.45) is 7.20. The molecule has 1 heterocycles. The summed E-state index contributed by atoms with van der Waals surface area (Å²) in [6, 6.07) is 1.89. The van der Waals surface area contributed by atoms with Crippen molar-refractivity contribution in [1.82, 2.24) is 5.32 Å². The van der Waals surface area contributed by atoms with Gasteiger partial charge in [0.1, 0.15) is 5.60 Å². The van der Waals surface area contributed by atoms with Gasteiger partial charge in [0, 0.05) is 6.42 Å². The SMILES string of the molecule is CC(O)(CNC(=O)CC1=CCCCC1)c1ccsc1. The number of hydrogen-bond donors (Lipinski definition) is 2. The molecule has 1 unspecified atom stereocenters. The lowest BCUT2D eigenvalue weighted by atomic mass is 9.96. The Hall–Kier alpha value is -1.13. The Bertz CT molecular complexity index is 449. The largest absolute Gasteiger partial charge is 0.384 e. The Morgan fingerprint density at radius 1 is 1.53 bits per heavy atom. The second-order valence-electron chi connectivity index (χ2n) is 5.35. The number of rotatable bonds is 5. The molecule has 0 saturated heterocycles. The summed E-state index contributed by atoms with van der Waals surface area (Å²) >= 11 is 1.55. The van der Waals surface area contributed by atoms with Gasteiger partial charge in [-0.15, -0.1) is 0 Å². The molecule has 3 nitrogen and oxygen atoms in total. The molecule has 1 atom stereocenters. The molecule has 1 aromatic heterocycles. The van der Waals surface area contributed by atoms with Crippen molar-refractivity contribution in [2.45, 2.75) is 44.6 Å². The monoisotopic (exact) mass is 279 g/mol. The zero-order valence-electron chi connectivity index (χ0n) is 11.3. The Morgan fingerprint density at radius 3 is 3.00 bits per heavy atom. The molecule has 2 rings (SSSR count). The van der Waals surface area contributed by atoms with E-state index in [0.29, 0.717) is 6.42 Å². The lowest BCUT2D eigenvalue weighted by Crippen LogP contribution is -2.38. The van der Waals surface area contributed by atoms with Crippen LogP contribution in [-0.2, 0) is 10.4 Å². The quantitative estimate of drug-likeness (QED) is 0.814. The maximum Gasteiger partial charge on any atom is 0.224 e. The number of carbonyl (C=O) groups excluding carboxylic acids is 1. The first-order valence-corrected chi connectivity index (χ1v) is 7.72. The lowest BCUT2D eigenvalue weighted by Gasteiger charge is -2.23. The second-order valence-corrected chi connectivity index (χ2v) is 6.13. The predicted octanol–water partition coefficient (Wildman–Crippen LogP) is 2.96. The molecule has 0 spiro atoms. The first-order chi connectivity index (χ1) is 9.08. The highest BCUT2D eigenvalue weighted by atomic mass is 32.1. The molecule has 0 fully saturated rings. The third-order valence-corrected chi connectivity index (χ3v) is 4.23. The van der Waals surface area contributed by atoms with E-state index in [1.807, 2.05) is 16.8 Å². The van der Waals surface area contributed by atoms with Gasteiger partial charge in [-0.25, -0.2) is 0 Å². The van der Waals surface area contributed by atoms with Crippen LogP contribution in [0.5, 0.6) is 0 Å². The summed E-state index contributed by atoms with van der Waals surface area (Å²) in [5, 5.41) is 17.0. The summed E-state index contributed by atoms with van der Waals surface area (Å²) in [5.74, 6) is 0.00338. The molecule has 1 amide bonds. The highest BCUT2D eigenvalue weighted by Gasteiger charge is 2.24. The number of allylic oxidation sites excluding steroid dienone is 1. The van der Waals surface area contributed by atoms with Crippen LogP contribution in [-0.4, -0.2) is 17.6 Å². The van der Waals surface area contributed by atoms with Gasteiger partial charge in [-0.05, 0) is 55.0 Å². The summed E-state index contributed by atoms with van der Waals surface area (Å²) in [5.41, 5.74) is 1.10. The Kier molecular flexibility index (Phi) is 4.77. The minimum Gasteiger partial charge on any atom is -0.384 e. The van der Waals surface area contributed by atoms with Crippen LogP contribution in [0.15, 0.2) is 28.5 Å². The zero-order valence-corrected chi connectivity index (χ0v) is 12.1. The van der Waals surface area contributed by atoms with E-state index in [9.17, 15) is 9.90 Å². The number of hydrogen-bond acceptors (Lipinski definition) is 3. The van der Waals surface area contributed by atoms with Crippen LogP contribution in [0, 0.1) is 0 Å². The Labute approximate surface area is 118 Å². The number of nitrogens with one attached hydrogen (secondary N) is 1. The predicted molar refractivity (Wildman–Crippen MR) is 78.1 cm³/mol. The maximum atomic E-state index is 11.9. The molecule has 4 heteroatoms. The third-order valence-electron chi connectivity index (χ3n) is 3.55. The van der Waals surface area contributed by atoms with Gasteiger partial charge in [0.15, 0.2) is 0 Å². The molecule has 0 radical (unpaired) electrons. The van der Waals surface area contributed by atoms with Gasteiger partial charge in [-0.1, -0.05) is 11.6 Å². The molecule has 19 heavy (non-hydrogen) atoms. The fourth-order valence-corrected chi connectivity index (χ4v) is 3.06. The molecule has 0 bridgehead atoms. The number of aliphatic hydroxyl groups is 1. The molecule has 0 aliphatic heterocycles. The lowest BCUT2D eigenvalue weighted by molar-refractivity contribution is -0.121.